The van der Waals surface area contributed by atoms with Gasteiger partial charge in [0.25, 0.3) is 0 Å². The summed E-state index contributed by atoms with van der Waals surface area (Å²) in [6, 6.07) is 0. The number of allylic oxidation sites excluding steroid dienone is 32. The van der Waals surface area contributed by atoms with Crippen molar-refractivity contribution < 1.29 is 24.2 Å². The lowest BCUT2D eigenvalue weighted by Gasteiger charge is -2.15. The fourth-order valence-electron chi connectivity index (χ4n) is 5.72. The largest absolute Gasteiger partial charge is 0.462 e. The number of carbonyl (C=O) groups is 2. The first-order valence-electron chi connectivity index (χ1n) is 25.0. The van der Waals surface area contributed by atoms with Crippen molar-refractivity contribution in [1.29, 1.82) is 0 Å². The van der Waals surface area contributed by atoms with Crippen LogP contribution in [0.1, 0.15) is 155 Å². The normalized spacial score (nSPS) is 13.9. The van der Waals surface area contributed by atoms with Crippen molar-refractivity contribution in [3.63, 3.8) is 0 Å². The van der Waals surface area contributed by atoms with Crippen LogP contribution in [-0.2, 0) is 19.1 Å². The van der Waals surface area contributed by atoms with E-state index in [2.05, 4.69) is 196 Å². The van der Waals surface area contributed by atoms with Gasteiger partial charge in [0, 0.05) is 12.8 Å². The van der Waals surface area contributed by atoms with E-state index in [1.54, 1.807) is 0 Å². The summed E-state index contributed by atoms with van der Waals surface area (Å²) >= 11 is 0. The van der Waals surface area contributed by atoms with E-state index in [0.717, 1.165) is 116 Å². The van der Waals surface area contributed by atoms with Gasteiger partial charge in [-0.2, -0.15) is 0 Å². The van der Waals surface area contributed by atoms with Crippen LogP contribution in [0, 0.1) is 0 Å². The number of esters is 2. The number of carbonyl (C=O) groups excluding carboxylic acids is 2. The first-order valence-corrected chi connectivity index (χ1v) is 25.0. The lowest BCUT2D eigenvalue weighted by atomic mass is 10.2. The molecule has 0 rings (SSSR count). The van der Waals surface area contributed by atoms with Crippen LogP contribution in [0.3, 0.4) is 0 Å². The van der Waals surface area contributed by atoms with Gasteiger partial charge >= 0.3 is 11.9 Å². The second-order valence-electron chi connectivity index (χ2n) is 15.4. The third-order valence-electron chi connectivity index (χ3n) is 9.40. The highest BCUT2D eigenvalue weighted by molar-refractivity contribution is 5.70. The molecule has 0 aromatic carbocycles. The van der Waals surface area contributed by atoms with Gasteiger partial charge in [-0.25, -0.2) is 0 Å². The third-order valence-corrected chi connectivity index (χ3v) is 9.40. The van der Waals surface area contributed by atoms with E-state index >= 15 is 0 Å². The minimum atomic E-state index is -0.839. The molecular formula is C61H88O5. The molecule has 66 heavy (non-hydrogen) atoms. The number of aliphatic hydroxyl groups excluding tert-OH is 1. The molecule has 0 aliphatic carbocycles. The van der Waals surface area contributed by atoms with Gasteiger partial charge in [-0.3, -0.25) is 9.59 Å². The van der Waals surface area contributed by atoms with Gasteiger partial charge in [0.15, 0.2) is 6.10 Å². The summed E-state index contributed by atoms with van der Waals surface area (Å²) in [4.78, 5) is 24.3. The first-order chi connectivity index (χ1) is 32.6. The van der Waals surface area contributed by atoms with Crippen LogP contribution in [-0.4, -0.2) is 36.4 Å². The smallest absolute Gasteiger partial charge is 0.306 e. The molecule has 0 radical (unpaired) electrons. The zero-order valence-corrected chi connectivity index (χ0v) is 41.1. The third kappa shape index (κ3) is 51.4. The molecular weight excluding hydrogens is 813 g/mol. The summed E-state index contributed by atoms with van der Waals surface area (Å²) < 4.78 is 10.5. The van der Waals surface area contributed by atoms with E-state index in [1.165, 1.54) is 0 Å². The molecule has 0 aliphatic rings. The summed E-state index contributed by atoms with van der Waals surface area (Å²) in [5.41, 5.74) is 0. The molecule has 5 heteroatoms. The molecule has 0 amide bonds. The highest BCUT2D eigenvalue weighted by atomic mass is 16.6. The van der Waals surface area contributed by atoms with Crippen LogP contribution in [0.25, 0.3) is 0 Å². The maximum atomic E-state index is 12.2. The summed E-state index contributed by atoms with van der Waals surface area (Å²) in [5.74, 6) is -0.759. The standard InChI is InChI=1S/C61H88O5/c1-3-5-7-9-11-13-15-17-18-19-20-21-22-23-24-25-26-27-28-29-30-31-32-33-34-35-36-37-38-39-40-41-42-44-46-48-50-52-54-56-61(64)66-59(57-62)58-65-60(63)55-53-51-49-47-45-43-16-14-12-10-8-6-4-2/h5-8,11-14,17-18,20-21,23-24,26-27,29-30,32-33,35-36,38-39,41-43,45-46,48-49,51,59,62H,3-4,9-10,15-16,19,22,25,28,31,34,37,40,44,47,50,52-58H2,1-2H3/b7-5-,8-6-,13-11-,14-12-,18-17-,21-20-,24-23-,27-26-,30-29-,33-32-,36-35-,39-38-,42-41-,45-43-,48-46-,51-49-. The van der Waals surface area contributed by atoms with E-state index in [4.69, 9.17) is 9.47 Å². The Labute approximate surface area is 403 Å². The number of hydrogen-bond donors (Lipinski definition) is 1. The van der Waals surface area contributed by atoms with Crippen LogP contribution in [0.4, 0.5) is 0 Å². The summed E-state index contributed by atoms with van der Waals surface area (Å²) in [6.07, 6.45) is 88.3. The number of hydrogen-bond acceptors (Lipinski definition) is 5. The molecule has 1 N–H and O–H groups in total. The number of ether oxygens (including phenoxy) is 2. The van der Waals surface area contributed by atoms with Crippen molar-refractivity contribution in [2.24, 2.45) is 0 Å². The van der Waals surface area contributed by atoms with Gasteiger partial charge < -0.3 is 14.6 Å². The van der Waals surface area contributed by atoms with Crippen molar-refractivity contribution in [1.82, 2.24) is 0 Å². The second kappa shape index (κ2) is 54.1. The Morgan fingerprint density at radius 2 is 0.621 bits per heavy atom. The highest BCUT2D eigenvalue weighted by Crippen LogP contribution is 2.07. The summed E-state index contributed by atoms with van der Waals surface area (Å²) in [5, 5.41) is 9.57. The minimum Gasteiger partial charge on any atom is -0.462 e. The molecule has 0 aromatic heterocycles. The van der Waals surface area contributed by atoms with Crippen LogP contribution in [0.2, 0.25) is 0 Å². The summed E-state index contributed by atoms with van der Waals surface area (Å²) in [7, 11) is 0. The molecule has 1 atom stereocenters. The molecule has 0 bridgehead atoms. The van der Waals surface area contributed by atoms with E-state index in [9.17, 15) is 14.7 Å². The topological polar surface area (TPSA) is 72.8 Å². The van der Waals surface area contributed by atoms with Gasteiger partial charge in [0.1, 0.15) is 6.61 Å². The van der Waals surface area contributed by atoms with E-state index in [1.807, 2.05) is 12.2 Å². The highest BCUT2D eigenvalue weighted by Gasteiger charge is 2.15. The van der Waals surface area contributed by atoms with Crippen molar-refractivity contribution in [3.05, 3.63) is 194 Å². The fourth-order valence-corrected chi connectivity index (χ4v) is 5.72. The maximum Gasteiger partial charge on any atom is 0.306 e. The molecule has 0 fully saturated rings. The van der Waals surface area contributed by atoms with Crippen molar-refractivity contribution in [2.75, 3.05) is 13.2 Å². The van der Waals surface area contributed by atoms with Crippen molar-refractivity contribution >= 4 is 11.9 Å². The Morgan fingerprint density at radius 3 is 0.909 bits per heavy atom. The molecule has 1 unspecified atom stereocenters. The summed E-state index contributed by atoms with van der Waals surface area (Å²) in [6.45, 7) is 3.77. The Balaban J connectivity index is 3.78. The number of aliphatic hydroxyl groups is 1. The van der Waals surface area contributed by atoms with Gasteiger partial charge in [-0.15, -0.1) is 0 Å². The van der Waals surface area contributed by atoms with Crippen molar-refractivity contribution in [2.45, 2.75) is 161 Å². The molecule has 362 valence electrons. The molecule has 0 saturated heterocycles. The number of unbranched alkanes of at least 4 members (excludes halogenated alkanes) is 2. The predicted molar refractivity (Wildman–Crippen MR) is 287 cm³/mol. The van der Waals surface area contributed by atoms with E-state index in [-0.39, 0.29) is 38.0 Å². The minimum absolute atomic E-state index is 0.136. The van der Waals surface area contributed by atoms with E-state index < -0.39 is 6.10 Å². The Kier molecular flexibility index (Phi) is 49.8. The van der Waals surface area contributed by atoms with Gasteiger partial charge in [0.05, 0.1) is 6.61 Å². The first kappa shape index (κ1) is 60.7. The van der Waals surface area contributed by atoms with Crippen molar-refractivity contribution in [3.8, 4) is 0 Å². The Morgan fingerprint density at radius 1 is 0.348 bits per heavy atom. The predicted octanol–water partition coefficient (Wildman–Crippen LogP) is 17.0. The van der Waals surface area contributed by atoms with E-state index in [0.29, 0.717) is 12.8 Å². The van der Waals surface area contributed by atoms with Crippen LogP contribution in [0.5, 0.6) is 0 Å². The number of rotatable bonds is 42. The average molecular weight is 901 g/mol. The fraction of sp³-hybridized carbons (Fsp3) is 0.443. The monoisotopic (exact) mass is 901 g/mol. The quantitative estimate of drug-likeness (QED) is 0.0375. The lowest BCUT2D eigenvalue weighted by Crippen LogP contribution is -2.28. The van der Waals surface area contributed by atoms with Crippen LogP contribution in [0.15, 0.2) is 194 Å². The van der Waals surface area contributed by atoms with Crippen LogP contribution >= 0.6 is 0 Å². The second-order valence-corrected chi connectivity index (χ2v) is 15.4. The Bertz CT molecular complexity index is 1630. The molecule has 0 aromatic rings. The molecule has 0 spiro atoms. The maximum absolute atomic E-state index is 12.2. The molecule has 0 heterocycles. The molecule has 0 aliphatic heterocycles. The van der Waals surface area contributed by atoms with Crippen LogP contribution < -0.4 is 0 Å². The van der Waals surface area contributed by atoms with Gasteiger partial charge in [-0.05, 0) is 128 Å². The zero-order chi connectivity index (χ0) is 47.7. The lowest BCUT2D eigenvalue weighted by molar-refractivity contribution is -0.161. The average Bonchev–Trinajstić information content (AvgIpc) is 3.32. The SMILES string of the molecule is CC/C=C\C/C=C\C/C=C\C/C=C\C/C=C\C/C=C\C/C=C\C/C=C\C/C=C\C/C=C\C/C=C\C/C=C\CCCCC(=O)OC(CO)COC(=O)CC/C=C\C/C=C\C/C=C\C/C=C\CC. The van der Waals surface area contributed by atoms with Gasteiger partial charge in [0.2, 0.25) is 0 Å². The Hall–Kier alpha value is -5.26. The molecule has 0 saturated carbocycles. The zero-order valence-electron chi connectivity index (χ0n) is 41.1. The van der Waals surface area contributed by atoms with Gasteiger partial charge in [-0.1, -0.05) is 208 Å². The molecule has 5 nitrogen and oxygen atoms in total.